The molecule has 0 unspecified atom stereocenters. The highest BCUT2D eigenvalue weighted by atomic mass is 16.5. The van der Waals surface area contributed by atoms with Crippen LogP contribution in [-0.4, -0.2) is 59.6 Å². The van der Waals surface area contributed by atoms with E-state index >= 15 is 0 Å². The van der Waals surface area contributed by atoms with E-state index in [0.29, 0.717) is 0 Å². The number of aliphatic hydroxyl groups is 1. The zero-order chi connectivity index (χ0) is 23.2. The number of nitrogens with zero attached hydrogens (tertiary/aromatic N) is 1. The molecule has 0 spiro atoms. The minimum Gasteiger partial charge on any atom is -0.391 e. The smallest absolute Gasteiger partial charge is 0.263 e. The van der Waals surface area contributed by atoms with Gasteiger partial charge < -0.3 is 9.84 Å². The second-order valence-corrected chi connectivity index (χ2v) is 8.70. The summed E-state index contributed by atoms with van der Waals surface area (Å²) in [6.07, 6.45) is 0.761. The Morgan fingerprint density at radius 2 is 1.85 bits per heavy atom. The highest BCUT2D eigenvalue weighted by molar-refractivity contribution is 5.81. The first kappa shape index (κ1) is 23.4. The zero-order valence-corrected chi connectivity index (χ0v) is 18.9. The molecule has 1 heterocycles. The van der Waals surface area contributed by atoms with Crippen molar-refractivity contribution in [3.8, 4) is 11.8 Å². The molecule has 1 aliphatic heterocycles. The molecule has 1 amide bonds. The van der Waals surface area contributed by atoms with Gasteiger partial charge in [0.2, 0.25) is 0 Å². The fourth-order valence-corrected chi connectivity index (χ4v) is 4.44. The molecule has 0 bridgehead atoms. The Kier molecular flexibility index (Phi) is 7.76. The number of aliphatic hydroxyl groups excluding tert-OH is 1. The SMILES string of the molecule is C[C@@H](O)[C@H](N[C@H]1CCc2cc(C#Cc3ccc(CN4CCOCC4)cc3)ccc21)C(=O)NO. The summed E-state index contributed by atoms with van der Waals surface area (Å²) >= 11 is 0. The Balaban J connectivity index is 1.39. The topological polar surface area (TPSA) is 94.1 Å². The van der Waals surface area contributed by atoms with Crippen LogP contribution in [0.15, 0.2) is 42.5 Å². The van der Waals surface area contributed by atoms with Crippen LogP contribution in [-0.2, 0) is 22.5 Å². The van der Waals surface area contributed by atoms with Gasteiger partial charge in [-0.3, -0.25) is 20.2 Å². The molecule has 4 N–H and O–H groups in total. The van der Waals surface area contributed by atoms with Gasteiger partial charge in [-0.05, 0) is 60.7 Å². The molecule has 7 nitrogen and oxygen atoms in total. The predicted octanol–water partition coefficient (Wildman–Crippen LogP) is 1.75. The largest absolute Gasteiger partial charge is 0.391 e. The summed E-state index contributed by atoms with van der Waals surface area (Å²) in [5, 5.41) is 22.0. The van der Waals surface area contributed by atoms with Gasteiger partial charge in [-0.1, -0.05) is 30.0 Å². The lowest BCUT2D eigenvalue weighted by Gasteiger charge is -2.26. The number of ether oxygens (including phenoxy) is 1. The number of rotatable bonds is 6. The first-order valence-corrected chi connectivity index (χ1v) is 11.5. The molecule has 3 atom stereocenters. The molecule has 7 heteroatoms. The van der Waals surface area contributed by atoms with Gasteiger partial charge >= 0.3 is 0 Å². The number of hydrogen-bond acceptors (Lipinski definition) is 6. The molecule has 1 fully saturated rings. The highest BCUT2D eigenvalue weighted by Gasteiger charge is 2.30. The Morgan fingerprint density at radius 3 is 2.55 bits per heavy atom. The number of fused-ring (bicyclic) bond motifs is 1. The third kappa shape index (κ3) is 5.99. The lowest BCUT2D eigenvalue weighted by Crippen LogP contribution is -2.50. The molecule has 2 aliphatic rings. The quantitative estimate of drug-likeness (QED) is 0.305. The lowest BCUT2D eigenvalue weighted by atomic mass is 10.0. The van der Waals surface area contributed by atoms with Crippen LogP contribution in [0.5, 0.6) is 0 Å². The van der Waals surface area contributed by atoms with E-state index in [9.17, 15) is 9.90 Å². The maximum Gasteiger partial charge on any atom is 0.263 e. The summed E-state index contributed by atoms with van der Waals surface area (Å²) in [6.45, 7) is 6.03. The Morgan fingerprint density at radius 1 is 1.15 bits per heavy atom. The molecular weight excluding hydrogens is 418 g/mol. The van der Waals surface area contributed by atoms with Crippen LogP contribution in [0.25, 0.3) is 0 Å². The molecule has 1 aliphatic carbocycles. The summed E-state index contributed by atoms with van der Waals surface area (Å²) in [6, 6.07) is 13.6. The van der Waals surface area contributed by atoms with Crippen molar-refractivity contribution in [2.24, 2.45) is 0 Å². The summed E-state index contributed by atoms with van der Waals surface area (Å²) in [5.74, 6) is 5.87. The van der Waals surface area contributed by atoms with Crippen molar-refractivity contribution in [2.45, 2.75) is 44.5 Å². The van der Waals surface area contributed by atoms with Crippen molar-refractivity contribution in [3.05, 3.63) is 70.3 Å². The minimum absolute atomic E-state index is 0.0575. The fourth-order valence-electron chi connectivity index (χ4n) is 4.44. The van der Waals surface area contributed by atoms with Gasteiger partial charge in [0.15, 0.2) is 0 Å². The highest BCUT2D eigenvalue weighted by Crippen LogP contribution is 2.32. The average molecular weight is 450 g/mol. The van der Waals surface area contributed by atoms with Gasteiger partial charge in [0.25, 0.3) is 5.91 Å². The standard InChI is InChI=1S/C26H31N3O4/c1-18(30)25(26(31)28-32)27-24-11-9-22-16-20(8-10-23(22)24)5-2-19-3-6-21(7-4-19)17-29-12-14-33-15-13-29/h3-4,6-8,10,16,18,24-25,27,30,32H,9,11-15,17H2,1H3,(H,28,31)/t18-,24+,25+/m1/s1. The van der Waals surface area contributed by atoms with Crippen LogP contribution in [0.4, 0.5) is 0 Å². The number of hydrogen-bond donors (Lipinski definition) is 4. The Hall–Kier alpha value is -2.73. The Bertz CT molecular complexity index is 1020. The van der Waals surface area contributed by atoms with Gasteiger partial charge in [-0.2, -0.15) is 0 Å². The Labute approximate surface area is 194 Å². The van der Waals surface area contributed by atoms with E-state index in [1.165, 1.54) is 18.1 Å². The molecule has 0 saturated carbocycles. The third-order valence-corrected chi connectivity index (χ3v) is 6.29. The number of hydroxylamine groups is 1. The maximum absolute atomic E-state index is 11.8. The number of amides is 1. The summed E-state index contributed by atoms with van der Waals surface area (Å²) in [7, 11) is 0. The first-order valence-electron chi connectivity index (χ1n) is 11.5. The molecule has 33 heavy (non-hydrogen) atoms. The molecule has 4 rings (SSSR count). The van der Waals surface area contributed by atoms with E-state index < -0.39 is 18.1 Å². The van der Waals surface area contributed by atoms with Crippen molar-refractivity contribution >= 4 is 5.91 Å². The molecule has 0 radical (unpaired) electrons. The molecule has 0 aromatic heterocycles. The number of morpholine rings is 1. The van der Waals surface area contributed by atoms with E-state index in [-0.39, 0.29) is 6.04 Å². The summed E-state index contributed by atoms with van der Waals surface area (Å²) < 4.78 is 5.41. The van der Waals surface area contributed by atoms with Gasteiger partial charge in [-0.25, -0.2) is 5.48 Å². The van der Waals surface area contributed by atoms with E-state index in [2.05, 4.69) is 52.4 Å². The van der Waals surface area contributed by atoms with Crippen molar-refractivity contribution in [3.63, 3.8) is 0 Å². The van der Waals surface area contributed by atoms with Gasteiger partial charge in [0.05, 0.1) is 19.3 Å². The van der Waals surface area contributed by atoms with Crippen molar-refractivity contribution < 1.29 is 19.8 Å². The van der Waals surface area contributed by atoms with Gasteiger partial charge in [0.1, 0.15) is 6.04 Å². The second-order valence-electron chi connectivity index (χ2n) is 8.70. The average Bonchev–Trinajstić information content (AvgIpc) is 3.24. The predicted molar refractivity (Wildman–Crippen MR) is 125 cm³/mol. The fraction of sp³-hybridized carbons (Fsp3) is 0.423. The monoisotopic (exact) mass is 449 g/mol. The molecule has 174 valence electrons. The molecule has 2 aromatic carbocycles. The number of carbonyl (C=O) groups is 1. The van der Waals surface area contributed by atoms with Crippen LogP contribution >= 0.6 is 0 Å². The number of nitrogens with one attached hydrogen (secondary N) is 2. The third-order valence-electron chi connectivity index (χ3n) is 6.29. The normalized spacial score (nSPS) is 19.8. The minimum atomic E-state index is -0.924. The molecule has 2 aromatic rings. The molecule has 1 saturated heterocycles. The van der Waals surface area contributed by atoms with Crippen LogP contribution in [0.1, 0.15) is 47.2 Å². The van der Waals surface area contributed by atoms with E-state index in [1.807, 2.05) is 12.1 Å². The van der Waals surface area contributed by atoms with Crippen LogP contribution in [0, 0.1) is 11.8 Å². The maximum atomic E-state index is 11.8. The van der Waals surface area contributed by atoms with Crippen LogP contribution in [0.3, 0.4) is 0 Å². The van der Waals surface area contributed by atoms with Crippen LogP contribution in [0.2, 0.25) is 0 Å². The van der Waals surface area contributed by atoms with E-state index in [4.69, 9.17) is 9.94 Å². The van der Waals surface area contributed by atoms with Crippen molar-refractivity contribution in [1.82, 2.24) is 15.7 Å². The number of aryl methyl sites for hydroxylation is 1. The first-order chi connectivity index (χ1) is 16.0. The van der Waals surface area contributed by atoms with E-state index in [1.54, 1.807) is 5.48 Å². The van der Waals surface area contributed by atoms with E-state index in [0.717, 1.165) is 62.4 Å². The lowest BCUT2D eigenvalue weighted by molar-refractivity contribution is -0.134. The van der Waals surface area contributed by atoms with Crippen molar-refractivity contribution in [1.29, 1.82) is 0 Å². The van der Waals surface area contributed by atoms with Gasteiger partial charge in [0, 0.05) is 36.8 Å². The number of carbonyl (C=O) groups excluding carboxylic acids is 1. The van der Waals surface area contributed by atoms with Crippen LogP contribution < -0.4 is 10.8 Å². The zero-order valence-electron chi connectivity index (χ0n) is 18.9. The van der Waals surface area contributed by atoms with Crippen molar-refractivity contribution in [2.75, 3.05) is 26.3 Å². The summed E-state index contributed by atoms with van der Waals surface area (Å²) in [5.41, 5.74) is 7.13. The molecular formula is C26H31N3O4. The summed E-state index contributed by atoms with van der Waals surface area (Å²) in [4.78, 5) is 14.2. The number of benzene rings is 2. The second kappa shape index (κ2) is 10.9. The van der Waals surface area contributed by atoms with Gasteiger partial charge in [-0.15, -0.1) is 0 Å².